The SMILES string of the molecule is COc1cc(OC)c([N+](=O)[O-])cc1CC(C(=O)O)c1ccc(N)cc1. The Hall–Kier alpha value is -3.29. The second kappa shape index (κ2) is 7.52. The first-order valence-corrected chi connectivity index (χ1v) is 7.35. The van der Waals surface area contributed by atoms with Crippen LogP contribution in [0, 0.1) is 10.1 Å². The van der Waals surface area contributed by atoms with Gasteiger partial charge in [0.1, 0.15) is 5.75 Å². The van der Waals surface area contributed by atoms with Crippen molar-refractivity contribution in [2.75, 3.05) is 20.0 Å². The van der Waals surface area contributed by atoms with Crippen molar-refractivity contribution in [2.45, 2.75) is 12.3 Å². The van der Waals surface area contributed by atoms with Gasteiger partial charge in [-0.25, -0.2) is 0 Å². The van der Waals surface area contributed by atoms with E-state index in [1.807, 2.05) is 0 Å². The molecule has 0 radical (unpaired) electrons. The maximum atomic E-state index is 11.7. The van der Waals surface area contributed by atoms with Gasteiger partial charge in [-0.3, -0.25) is 14.9 Å². The van der Waals surface area contributed by atoms with Crippen molar-refractivity contribution >= 4 is 17.3 Å². The molecule has 2 aromatic carbocycles. The Bertz CT molecular complexity index is 788. The van der Waals surface area contributed by atoms with E-state index in [1.165, 1.54) is 26.4 Å². The molecule has 25 heavy (non-hydrogen) atoms. The van der Waals surface area contributed by atoms with Crippen LogP contribution in [-0.2, 0) is 11.2 Å². The molecule has 0 saturated carbocycles. The number of aliphatic carboxylic acids is 1. The number of carboxylic acid groups (broad SMARTS) is 1. The van der Waals surface area contributed by atoms with Gasteiger partial charge in [-0.2, -0.15) is 0 Å². The highest BCUT2D eigenvalue weighted by molar-refractivity contribution is 5.77. The van der Waals surface area contributed by atoms with Crippen LogP contribution in [0.1, 0.15) is 17.0 Å². The molecule has 132 valence electrons. The van der Waals surface area contributed by atoms with Crippen molar-refractivity contribution in [3.05, 3.63) is 57.6 Å². The lowest BCUT2D eigenvalue weighted by molar-refractivity contribution is -0.385. The quantitative estimate of drug-likeness (QED) is 0.448. The molecule has 0 aliphatic carbocycles. The van der Waals surface area contributed by atoms with Gasteiger partial charge < -0.3 is 20.3 Å². The third kappa shape index (κ3) is 3.97. The number of nitrogen functional groups attached to an aromatic ring is 1. The summed E-state index contributed by atoms with van der Waals surface area (Å²) in [5.74, 6) is -1.58. The van der Waals surface area contributed by atoms with Crippen molar-refractivity contribution < 1.29 is 24.3 Å². The van der Waals surface area contributed by atoms with Crippen LogP contribution < -0.4 is 15.2 Å². The number of nitro groups is 1. The van der Waals surface area contributed by atoms with Crippen LogP contribution in [0.3, 0.4) is 0 Å². The first kappa shape index (κ1) is 18.1. The van der Waals surface area contributed by atoms with Gasteiger partial charge in [-0.15, -0.1) is 0 Å². The van der Waals surface area contributed by atoms with E-state index in [1.54, 1.807) is 24.3 Å². The van der Waals surface area contributed by atoms with Gasteiger partial charge >= 0.3 is 11.7 Å². The maximum absolute atomic E-state index is 11.7. The summed E-state index contributed by atoms with van der Waals surface area (Å²) in [4.78, 5) is 22.3. The van der Waals surface area contributed by atoms with Crippen molar-refractivity contribution in [1.82, 2.24) is 0 Å². The maximum Gasteiger partial charge on any atom is 0.311 e. The Morgan fingerprint density at radius 1 is 1.20 bits per heavy atom. The van der Waals surface area contributed by atoms with E-state index in [-0.39, 0.29) is 17.9 Å². The zero-order chi connectivity index (χ0) is 18.6. The molecule has 0 heterocycles. The average molecular weight is 346 g/mol. The number of benzene rings is 2. The normalized spacial score (nSPS) is 11.6. The number of nitro benzene ring substituents is 1. The number of carbonyl (C=O) groups is 1. The van der Waals surface area contributed by atoms with Gasteiger partial charge in [0.15, 0.2) is 0 Å². The predicted molar refractivity (Wildman–Crippen MR) is 91.1 cm³/mol. The fourth-order valence-corrected chi connectivity index (χ4v) is 2.54. The highest BCUT2D eigenvalue weighted by Gasteiger charge is 2.25. The summed E-state index contributed by atoms with van der Waals surface area (Å²) >= 11 is 0. The minimum Gasteiger partial charge on any atom is -0.496 e. The van der Waals surface area contributed by atoms with E-state index in [2.05, 4.69) is 0 Å². The zero-order valence-electron chi connectivity index (χ0n) is 13.8. The summed E-state index contributed by atoms with van der Waals surface area (Å²) in [6.45, 7) is 0. The molecule has 1 unspecified atom stereocenters. The number of carboxylic acids is 1. The molecule has 2 rings (SSSR count). The summed E-state index contributed by atoms with van der Waals surface area (Å²) in [5.41, 5.74) is 6.84. The fourth-order valence-electron chi connectivity index (χ4n) is 2.54. The van der Waals surface area contributed by atoms with Crippen LogP contribution in [0.4, 0.5) is 11.4 Å². The van der Waals surface area contributed by atoms with E-state index < -0.39 is 16.8 Å². The van der Waals surface area contributed by atoms with Gasteiger partial charge in [0.25, 0.3) is 0 Å². The first-order chi connectivity index (χ1) is 11.9. The lowest BCUT2D eigenvalue weighted by Gasteiger charge is -2.16. The van der Waals surface area contributed by atoms with Crippen LogP contribution in [0.5, 0.6) is 11.5 Å². The number of hydrogen-bond donors (Lipinski definition) is 2. The molecule has 0 saturated heterocycles. The van der Waals surface area contributed by atoms with E-state index in [9.17, 15) is 20.0 Å². The Balaban J connectivity index is 2.48. The summed E-state index contributed by atoms with van der Waals surface area (Å²) in [6, 6.07) is 9.13. The van der Waals surface area contributed by atoms with E-state index in [4.69, 9.17) is 15.2 Å². The number of hydrogen-bond acceptors (Lipinski definition) is 6. The molecule has 8 heteroatoms. The minimum absolute atomic E-state index is 0.0211. The van der Waals surface area contributed by atoms with Crippen LogP contribution in [0.2, 0.25) is 0 Å². The highest BCUT2D eigenvalue weighted by atomic mass is 16.6. The minimum atomic E-state index is -1.05. The molecule has 1 atom stereocenters. The number of rotatable bonds is 7. The van der Waals surface area contributed by atoms with E-state index in [0.717, 1.165) is 0 Å². The topological polar surface area (TPSA) is 125 Å². The molecule has 3 N–H and O–H groups in total. The molecule has 8 nitrogen and oxygen atoms in total. The second-order valence-corrected chi connectivity index (χ2v) is 5.35. The van der Waals surface area contributed by atoms with Gasteiger partial charge in [0.05, 0.1) is 25.1 Å². The van der Waals surface area contributed by atoms with Crippen molar-refractivity contribution in [3.63, 3.8) is 0 Å². The summed E-state index contributed by atoms with van der Waals surface area (Å²) in [5, 5.41) is 20.8. The number of nitrogens with two attached hydrogens (primary N) is 1. The summed E-state index contributed by atoms with van der Waals surface area (Å²) in [7, 11) is 2.72. The average Bonchev–Trinajstić information content (AvgIpc) is 2.59. The van der Waals surface area contributed by atoms with Gasteiger partial charge in [-0.05, 0) is 24.1 Å². The molecule has 0 aliphatic rings. The number of anilines is 1. The number of nitrogens with zero attached hydrogens (tertiary/aromatic N) is 1. The lowest BCUT2D eigenvalue weighted by atomic mass is 9.91. The van der Waals surface area contributed by atoms with Crippen LogP contribution in [0.25, 0.3) is 0 Å². The molecule has 0 spiro atoms. The number of methoxy groups -OCH3 is 2. The van der Waals surface area contributed by atoms with Gasteiger partial charge in [0, 0.05) is 23.4 Å². The molecule has 0 aliphatic heterocycles. The molecular formula is C17H18N2O6. The zero-order valence-corrected chi connectivity index (χ0v) is 13.8. The lowest BCUT2D eigenvalue weighted by Crippen LogP contribution is -2.15. The standard InChI is InChI=1S/C17H18N2O6/c1-24-15-9-16(25-2)14(19(22)23)8-11(15)7-13(17(20)21)10-3-5-12(18)6-4-10/h3-6,8-9,13H,7,18H2,1-2H3,(H,20,21). The Morgan fingerprint density at radius 2 is 1.80 bits per heavy atom. The Morgan fingerprint density at radius 3 is 2.28 bits per heavy atom. The van der Waals surface area contributed by atoms with Crippen molar-refractivity contribution in [2.24, 2.45) is 0 Å². The largest absolute Gasteiger partial charge is 0.496 e. The molecule has 0 fully saturated rings. The third-order valence-corrected chi connectivity index (χ3v) is 3.84. The molecule has 0 bridgehead atoms. The van der Waals surface area contributed by atoms with Gasteiger partial charge in [-0.1, -0.05) is 12.1 Å². The molecular weight excluding hydrogens is 328 g/mol. The Labute approximate surface area is 143 Å². The smallest absolute Gasteiger partial charge is 0.311 e. The number of ether oxygens (including phenoxy) is 2. The van der Waals surface area contributed by atoms with E-state index >= 15 is 0 Å². The Kier molecular flexibility index (Phi) is 5.43. The molecule has 0 aromatic heterocycles. The second-order valence-electron chi connectivity index (χ2n) is 5.35. The first-order valence-electron chi connectivity index (χ1n) is 7.35. The summed E-state index contributed by atoms with van der Waals surface area (Å²) < 4.78 is 10.2. The van der Waals surface area contributed by atoms with Crippen molar-refractivity contribution in [3.8, 4) is 11.5 Å². The highest BCUT2D eigenvalue weighted by Crippen LogP contribution is 2.37. The van der Waals surface area contributed by atoms with Crippen molar-refractivity contribution in [1.29, 1.82) is 0 Å². The summed E-state index contributed by atoms with van der Waals surface area (Å²) in [6.07, 6.45) is 0.0211. The molecule has 0 amide bonds. The molecule has 2 aromatic rings. The van der Waals surface area contributed by atoms with Crippen LogP contribution >= 0.6 is 0 Å². The fraction of sp³-hybridized carbons (Fsp3) is 0.235. The van der Waals surface area contributed by atoms with Crippen LogP contribution in [0.15, 0.2) is 36.4 Å². The predicted octanol–water partition coefficient (Wildman–Crippen LogP) is 2.61. The van der Waals surface area contributed by atoms with E-state index in [0.29, 0.717) is 22.6 Å². The van der Waals surface area contributed by atoms with Crippen LogP contribution in [-0.4, -0.2) is 30.2 Å². The van der Waals surface area contributed by atoms with Gasteiger partial charge in [0.2, 0.25) is 5.75 Å². The third-order valence-electron chi connectivity index (χ3n) is 3.84. The monoisotopic (exact) mass is 346 g/mol.